The predicted molar refractivity (Wildman–Crippen MR) is 129 cm³/mol. The van der Waals surface area contributed by atoms with Gasteiger partial charge in [-0.1, -0.05) is 47.0 Å². The van der Waals surface area contributed by atoms with Gasteiger partial charge < -0.3 is 14.8 Å². The minimum Gasteiger partial charge on any atom is -0.493 e. The van der Waals surface area contributed by atoms with E-state index in [2.05, 4.69) is 33.0 Å². The van der Waals surface area contributed by atoms with Gasteiger partial charge in [0.25, 0.3) is 0 Å². The Balaban J connectivity index is 1.80. The van der Waals surface area contributed by atoms with E-state index >= 15 is 0 Å². The summed E-state index contributed by atoms with van der Waals surface area (Å²) in [5.74, 6) is 1.63. The van der Waals surface area contributed by atoms with Crippen molar-refractivity contribution >= 4 is 17.4 Å². The Kier molecular flexibility index (Phi) is 6.17. The zero-order chi connectivity index (χ0) is 23.1. The Hall–Kier alpha value is -2.24. The van der Waals surface area contributed by atoms with Crippen LogP contribution in [-0.2, 0) is 0 Å². The highest BCUT2D eigenvalue weighted by Crippen LogP contribution is 2.48. The summed E-state index contributed by atoms with van der Waals surface area (Å²) in [6.45, 7) is 9.25. The Morgan fingerprint density at radius 2 is 1.56 bits per heavy atom. The normalized spacial score (nSPS) is 23.6. The minimum absolute atomic E-state index is 0.0745. The molecule has 2 fully saturated rings. The molecule has 176 valence electrons. The van der Waals surface area contributed by atoms with Crippen LogP contribution in [0.3, 0.4) is 0 Å². The Bertz CT molecular complexity index is 884. The van der Waals surface area contributed by atoms with Crippen LogP contribution in [0.25, 0.3) is 0 Å². The molecular weight excluding hydrogens is 402 g/mol. The van der Waals surface area contributed by atoms with Crippen molar-refractivity contribution < 1.29 is 14.3 Å². The van der Waals surface area contributed by atoms with Crippen LogP contribution in [0.5, 0.6) is 11.5 Å². The van der Waals surface area contributed by atoms with Crippen molar-refractivity contribution in [2.45, 2.75) is 85.1 Å². The molecule has 6 nitrogen and oxygen atoms in total. The molecule has 1 aromatic carbocycles. The van der Waals surface area contributed by atoms with E-state index in [-0.39, 0.29) is 22.9 Å². The van der Waals surface area contributed by atoms with Crippen LogP contribution in [0.15, 0.2) is 17.2 Å². The van der Waals surface area contributed by atoms with Gasteiger partial charge in [-0.2, -0.15) is 5.10 Å². The second-order valence-corrected chi connectivity index (χ2v) is 11.4. The lowest BCUT2D eigenvalue weighted by atomic mass is 9.63. The van der Waals surface area contributed by atoms with Gasteiger partial charge in [-0.25, -0.2) is 9.80 Å². The fourth-order valence-corrected chi connectivity index (χ4v) is 6.47. The van der Waals surface area contributed by atoms with Gasteiger partial charge in [0, 0.05) is 17.5 Å². The van der Waals surface area contributed by atoms with Gasteiger partial charge >= 0.3 is 6.03 Å². The number of fused-ring (bicyclic) bond motifs is 1. The largest absolute Gasteiger partial charge is 0.493 e. The standard InChI is InChI=1S/C26H39N3O3/c1-25(2)14-18(15-26(3,4)16-25)29-24(30)27-20-13-22(32-6)21(31-5)12-19(20)23(28-29)17-10-8-7-9-11-17/h12-13,17-18H,7-11,14-16H2,1-6H3,(H,27,30). The highest BCUT2D eigenvalue weighted by atomic mass is 16.5. The molecule has 0 aromatic heterocycles. The second-order valence-electron chi connectivity index (χ2n) is 11.4. The first-order valence-electron chi connectivity index (χ1n) is 12.1. The average molecular weight is 442 g/mol. The van der Waals surface area contributed by atoms with E-state index in [0.29, 0.717) is 17.4 Å². The molecular formula is C26H39N3O3. The molecule has 3 aliphatic rings. The maximum absolute atomic E-state index is 13.5. The number of nitrogens with zero attached hydrogens (tertiary/aromatic N) is 2. The lowest BCUT2D eigenvalue weighted by Gasteiger charge is -2.47. The number of hydrogen-bond donors (Lipinski definition) is 1. The molecule has 2 saturated carbocycles. The van der Waals surface area contributed by atoms with Crippen LogP contribution in [0.1, 0.15) is 84.6 Å². The summed E-state index contributed by atoms with van der Waals surface area (Å²) < 4.78 is 11.1. The summed E-state index contributed by atoms with van der Waals surface area (Å²) >= 11 is 0. The summed E-state index contributed by atoms with van der Waals surface area (Å²) in [6, 6.07) is 3.79. The summed E-state index contributed by atoms with van der Waals surface area (Å²) in [6.07, 6.45) is 8.96. The Labute approximate surface area is 192 Å². The Morgan fingerprint density at radius 3 is 2.16 bits per heavy atom. The van der Waals surface area contributed by atoms with Crippen LogP contribution in [0.2, 0.25) is 0 Å². The van der Waals surface area contributed by atoms with Crippen molar-refractivity contribution in [3.05, 3.63) is 17.7 Å². The van der Waals surface area contributed by atoms with Crippen molar-refractivity contribution in [1.29, 1.82) is 0 Å². The van der Waals surface area contributed by atoms with E-state index in [1.54, 1.807) is 19.2 Å². The number of carbonyl (C=O) groups excluding carboxylic acids is 1. The van der Waals surface area contributed by atoms with Gasteiger partial charge in [0.1, 0.15) is 0 Å². The van der Waals surface area contributed by atoms with E-state index in [1.807, 2.05) is 12.1 Å². The zero-order valence-electron chi connectivity index (χ0n) is 20.6. The third-order valence-electron chi connectivity index (χ3n) is 7.34. The van der Waals surface area contributed by atoms with Crippen LogP contribution in [0.4, 0.5) is 10.5 Å². The number of anilines is 1. The molecule has 0 atom stereocenters. The average Bonchev–Trinajstić information content (AvgIpc) is 2.86. The number of amides is 2. The predicted octanol–water partition coefficient (Wildman–Crippen LogP) is 6.44. The number of rotatable bonds is 4. The van der Waals surface area contributed by atoms with E-state index in [0.717, 1.165) is 49.1 Å². The van der Waals surface area contributed by atoms with Crippen LogP contribution >= 0.6 is 0 Å². The molecule has 0 unspecified atom stereocenters. The molecule has 0 spiro atoms. The maximum Gasteiger partial charge on any atom is 0.342 e. The molecule has 0 radical (unpaired) electrons. The second kappa shape index (κ2) is 8.60. The molecule has 1 N–H and O–H groups in total. The molecule has 1 aliphatic heterocycles. The van der Waals surface area contributed by atoms with Gasteiger partial charge in [-0.3, -0.25) is 0 Å². The smallest absolute Gasteiger partial charge is 0.342 e. The summed E-state index contributed by atoms with van der Waals surface area (Å²) in [7, 11) is 3.27. The minimum atomic E-state index is -0.150. The number of hydrazone groups is 1. The number of benzene rings is 1. The first-order valence-corrected chi connectivity index (χ1v) is 12.1. The lowest BCUT2D eigenvalue weighted by molar-refractivity contribution is 0.0432. The molecule has 0 saturated heterocycles. The SMILES string of the molecule is COc1cc2c(cc1OC)C(C1CCCCC1)=NN(C1CC(C)(C)CC(C)(C)C1)C(=O)N2. The van der Waals surface area contributed by atoms with E-state index in [9.17, 15) is 4.79 Å². The van der Waals surface area contributed by atoms with Crippen molar-refractivity contribution in [3.63, 3.8) is 0 Å². The van der Waals surface area contributed by atoms with Gasteiger partial charge in [-0.05, 0) is 49.0 Å². The van der Waals surface area contributed by atoms with Gasteiger partial charge in [0.15, 0.2) is 11.5 Å². The molecule has 1 aromatic rings. The molecule has 2 amide bonds. The van der Waals surface area contributed by atoms with Crippen LogP contribution in [0, 0.1) is 16.7 Å². The van der Waals surface area contributed by atoms with Crippen molar-refractivity contribution in [3.8, 4) is 11.5 Å². The van der Waals surface area contributed by atoms with Gasteiger partial charge in [-0.15, -0.1) is 0 Å². The van der Waals surface area contributed by atoms with E-state index < -0.39 is 0 Å². The number of nitrogens with one attached hydrogen (secondary N) is 1. The first kappa shape index (κ1) is 22.9. The Morgan fingerprint density at radius 1 is 0.969 bits per heavy atom. The van der Waals surface area contributed by atoms with Gasteiger partial charge in [0.2, 0.25) is 0 Å². The number of carbonyl (C=O) groups is 1. The lowest BCUT2D eigenvalue weighted by Crippen LogP contribution is -2.47. The van der Waals surface area contributed by atoms with Crippen molar-refractivity contribution in [2.75, 3.05) is 19.5 Å². The number of urea groups is 1. The third kappa shape index (κ3) is 4.60. The topological polar surface area (TPSA) is 63.2 Å². The molecule has 32 heavy (non-hydrogen) atoms. The molecule has 6 heteroatoms. The van der Waals surface area contributed by atoms with Gasteiger partial charge in [0.05, 0.1) is 31.7 Å². The monoisotopic (exact) mass is 441 g/mol. The van der Waals surface area contributed by atoms with Crippen LogP contribution < -0.4 is 14.8 Å². The number of hydrogen-bond acceptors (Lipinski definition) is 4. The molecule has 0 bridgehead atoms. The van der Waals surface area contributed by atoms with Crippen molar-refractivity contribution in [2.24, 2.45) is 21.8 Å². The fourth-order valence-electron chi connectivity index (χ4n) is 6.47. The number of ether oxygens (including phenoxy) is 2. The summed E-state index contributed by atoms with van der Waals surface area (Å²) in [5, 5.41) is 10.1. The quantitative estimate of drug-likeness (QED) is 0.585. The molecule has 4 rings (SSSR count). The molecule has 2 aliphatic carbocycles. The third-order valence-corrected chi connectivity index (χ3v) is 7.34. The van der Waals surface area contributed by atoms with E-state index in [4.69, 9.17) is 14.6 Å². The summed E-state index contributed by atoms with van der Waals surface area (Å²) in [4.78, 5) is 13.5. The zero-order valence-corrected chi connectivity index (χ0v) is 20.6. The fraction of sp³-hybridized carbons (Fsp3) is 0.692. The summed E-state index contributed by atoms with van der Waals surface area (Å²) in [5.41, 5.74) is 3.06. The molecule has 1 heterocycles. The maximum atomic E-state index is 13.5. The van der Waals surface area contributed by atoms with E-state index in [1.165, 1.54) is 19.3 Å². The number of methoxy groups -OCH3 is 2. The van der Waals surface area contributed by atoms with Crippen LogP contribution in [-0.4, -0.2) is 37.0 Å². The highest BCUT2D eigenvalue weighted by molar-refractivity contribution is 6.11. The first-order chi connectivity index (χ1) is 15.1. The highest BCUT2D eigenvalue weighted by Gasteiger charge is 2.43. The van der Waals surface area contributed by atoms with Crippen molar-refractivity contribution in [1.82, 2.24) is 5.01 Å².